The molecule has 0 bridgehead atoms. The molecule has 0 saturated carbocycles. The van der Waals surface area contributed by atoms with Crippen molar-refractivity contribution in [3.8, 4) is 0 Å². The van der Waals surface area contributed by atoms with Crippen molar-refractivity contribution in [3.63, 3.8) is 0 Å². The van der Waals surface area contributed by atoms with E-state index in [9.17, 15) is 18.3 Å². The Hall–Kier alpha value is -1.15. The molecule has 0 spiro atoms. The molecule has 0 aliphatic rings. The molecule has 1 unspecified atom stereocenters. The number of hydrogen-bond acceptors (Lipinski definition) is 4. The van der Waals surface area contributed by atoms with Gasteiger partial charge in [-0.25, -0.2) is 17.9 Å². The maximum atomic E-state index is 12.0. The molecule has 1 rings (SSSR count). The lowest BCUT2D eigenvalue weighted by Gasteiger charge is -2.18. The summed E-state index contributed by atoms with van der Waals surface area (Å²) in [6, 6.07) is 4.47. The highest BCUT2D eigenvalue weighted by Crippen LogP contribution is 2.24. The molecular weight excluding hydrogens is 294 g/mol. The van der Waals surface area contributed by atoms with Crippen LogP contribution in [0, 0.1) is 6.92 Å². The van der Waals surface area contributed by atoms with Gasteiger partial charge in [-0.1, -0.05) is 23.7 Å². The fourth-order valence-corrected chi connectivity index (χ4v) is 2.93. The zero-order valence-corrected chi connectivity index (χ0v) is 11.9. The van der Waals surface area contributed by atoms with E-state index in [1.165, 1.54) is 12.1 Å². The van der Waals surface area contributed by atoms with Crippen LogP contribution < -0.4 is 4.72 Å². The van der Waals surface area contributed by atoms with Crippen molar-refractivity contribution in [1.82, 2.24) is 4.72 Å². The molecular formula is C11H14ClNO5S. The average molecular weight is 308 g/mol. The van der Waals surface area contributed by atoms with Gasteiger partial charge < -0.3 is 10.2 Å². The number of carbonyl (C=O) groups is 1. The van der Waals surface area contributed by atoms with Crippen molar-refractivity contribution in [1.29, 1.82) is 0 Å². The quantitative estimate of drug-likeness (QED) is 0.745. The van der Waals surface area contributed by atoms with Crippen molar-refractivity contribution >= 4 is 27.6 Å². The summed E-state index contributed by atoms with van der Waals surface area (Å²) < 4.78 is 26.0. The monoisotopic (exact) mass is 307 g/mol. The molecule has 0 aliphatic carbocycles. The van der Waals surface area contributed by atoms with Crippen molar-refractivity contribution < 1.29 is 23.4 Å². The van der Waals surface area contributed by atoms with Crippen LogP contribution in [-0.4, -0.2) is 36.7 Å². The molecule has 0 aliphatic heterocycles. The van der Waals surface area contributed by atoms with Gasteiger partial charge in [0.15, 0.2) is 5.60 Å². The highest BCUT2D eigenvalue weighted by atomic mass is 35.5. The van der Waals surface area contributed by atoms with Gasteiger partial charge in [0.1, 0.15) is 4.90 Å². The van der Waals surface area contributed by atoms with E-state index in [0.29, 0.717) is 5.56 Å². The number of sulfonamides is 1. The molecule has 6 nitrogen and oxygen atoms in total. The molecule has 0 amide bonds. The zero-order valence-electron chi connectivity index (χ0n) is 10.3. The summed E-state index contributed by atoms with van der Waals surface area (Å²) in [4.78, 5) is 10.5. The Morgan fingerprint density at radius 2 is 2.05 bits per heavy atom. The number of aliphatic hydroxyl groups is 1. The smallest absolute Gasteiger partial charge is 0.336 e. The lowest BCUT2D eigenvalue weighted by atomic mass is 10.1. The van der Waals surface area contributed by atoms with E-state index in [1.54, 1.807) is 13.0 Å². The fraction of sp³-hybridized carbons (Fsp3) is 0.364. The third-order valence-corrected chi connectivity index (χ3v) is 4.57. The number of rotatable bonds is 5. The van der Waals surface area contributed by atoms with Crippen LogP contribution in [-0.2, 0) is 14.8 Å². The molecule has 1 atom stereocenters. The lowest BCUT2D eigenvalue weighted by Crippen LogP contribution is -2.46. The van der Waals surface area contributed by atoms with E-state index in [4.69, 9.17) is 16.7 Å². The third kappa shape index (κ3) is 3.66. The van der Waals surface area contributed by atoms with Crippen molar-refractivity contribution in [2.45, 2.75) is 24.3 Å². The molecule has 19 heavy (non-hydrogen) atoms. The molecule has 1 aromatic carbocycles. The second kappa shape index (κ2) is 5.46. The van der Waals surface area contributed by atoms with Crippen LogP contribution in [0.15, 0.2) is 23.1 Å². The number of aryl methyl sites for hydroxylation is 1. The van der Waals surface area contributed by atoms with E-state index in [-0.39, 0.29) is 9.92 Å². The molecule has 0 aromatic heterocycles. The van der Waals surface area contributed by atoms with E-state index in [2.05, 4.69) is 0 Å². The van der Waals surface area contributed by atoms with Gasteiger partial charge >= 0.3 is 5.97 Å². The largest absolute Gasteiger partial charge is 0.479 e. The van der Waals surface area contributed by atoms with Crippen LogP contribution in [0.25, 0.3) is 0 Å². The minimum absolute atomic E-state index is 0.0602. The summed E-state index contributed by atoms with van der Waals surface area (Å²) in [5.74, 6) is -1.52. The Morgan fingerprint density at radius 3 is 2.58 bits per heavy atom. The normalized spacial score (nSPS) is 14.9. The van der Waals surface area contributed by atoms with Crippen LogP contribution in [0.2, 0.25) is 5.02 Å². The first-order valence-corrected chi connectivity index (χ1v) is 7.14. The van der Waals surface area contributed by atoms with Gasteiger partial charge in [-0.3, -0.25) is 0 Å². The average Bonchev–Trinajstić information content (AvgIpc) is 2.30. The van der Waals surface area contributed by atoms with Crippen molar-refractivity contribution in [3.05, 3.63) is 28.8 Å². The van der Waals surface area contributed by atoms with Gasteiger partial charge in [-0.2, -0.15) is 0 Å². The van der Waals surface area contributed by atoms with Gasteiger partial charge in [0.05, 0.1) is 11.6 Å². The SMILES string of the molecule is Cc1cccc(S(=O)(=O)NCC(C)(O)C(=O)O)c1Cl. The van der Waals surface area contributed by atoms with E-state index < -0.39 is 28.1 Å². The van der Waals surface area contributed by atoms with Gasteiger partial charge in [0.25, 0.3) is 0 Å². The molecule has 3 N–H and O–H groups in total. The van der Waals surface area contributed by atoms with Crippen molar-refractivity contribution in [2.75, 3.05) is 6.54 Å². The summed E-state index contributed by atoms with van der Waals surface area (Å²) in [5.41, 5.74) is -1.61. The summed E-state index contributed by atoms with van der Waals surface area (Å²) in [6.45, 7) is 1.99. The summed E-state index contributed by atoms with van der Waals surface area (Å²) in [7, 11) is -3.99. The van der Waals surface area contributed by atoms with Gasteiger partial charge in [0.2, 0.25) is 10.0 Å². The van der Waals surface area contributed by atoms with E-state index in [1.807, 2.05) is 4.72 Å². The van der Waals surface area contributed by atoms with Gasteiger partial charge in [-0.15, -0.1) is 0 Å². The zero-order chi connectivity index (χ0) is 14.8. The lowest BCUT2D eigenvalue weighted by molar-refractivity contribution is -0.155. The molecule has 0 heterocycles. The Labute approximate surface area is 116 Å². The Balaban J connectivity index is 3.01. The standard InChI is InChI=1S/C11H14ClNO5S/c1-7-4-3-5-8(9(7)12)19(17,18)13-6-11(2,16)10(14)15/h3-5,13,16H,6H2,1-2H3,(H,14,15). The predicted octanol–water partition coefficient (Wildman–Crippen LogP) is 0.762. The van der Waals surface area contributed by atoms with Crippen molar-refractivity contribution in [2.24, 2.45) is 0 Å². The van der Waals surface area contributed by atoms with Crippen LogP contribution in [0.4, 0.5) is 0 Å². The number of carboxylic acids is 1. The minimum Gasteiger partial charge on any atom is -0.479 e. The molecule has 1 aromatic rings. The van der Waals surface area contributed by atoms with Crippen LogP contribution in [0.1, 0.15) is 12.5 Å². The highest BCUT2D eigenvalue weighted by Gasteiger charge is 2.32. The Kier molecular flexibility index (Phi) is 4.57. The van der Waals surface area contributed by atoms with Crippen LogP contribution in [0.3, 0.4) is 0 Å². The third-order valence-electron chi connectivity index (χ3n) is 2.51. The van der Waals surface area contributed by atoms with E-state index in [0.717, 1.165) is 6.92 Å². The summed E-state index contributed by atoms with van der Waals surface area (Å²) in [5, 5.41) is 18.2. The first kappa shape index (κ1) is 15.9. The fourth-order valence-electron chi connectivity index (χ4n) is 1.22. The number of hydrogen-bond donors (Lipinski definition) is 3. The second-order valence-corrected chi connectivity index (χ2v) is 6.40. The summed E-state index contributed by atoms with van der Waals surface area (Å²) >= 11 is 5.89. The minimum atomic E-state index is -3.99. The first-order valence-electron chi connectivity index (χ1n) is 5.28. The number of aliphatic carboxylic acids is 1. The molecule has 8 heteroatoms. The number of halogens is 1. The maximum absolute atomic E-state index is 12.0. The highest BCUT2D eigenvalue weighted by molar-refractivity contribution is 7.89. The molecule has 0 fully saturated rings. The van der Waals surface area contributed by atoms with Crippen LogP contribution >= 0.6 is 11.6 Å². The summed E-state index contributed by atoms with van der Waals surface area (Å²) in [6.07, 6.45) is 0. The van der Waals surface area contributed by atoms with Crippen LogP contribution in [0.5, 0.6) is 0 Å². The van der Waals surface area contributed by atoms with Gasteiger partial charge in [-0.05, 0) is 25.5 Å². The topological polar surface area (TPSA) is 104 Å². The van der Waals surface area contributed by atoms with E-state index >= 15 is 0 Å². The number of carboxylic acid groups (broad SMARTS) is 1. The Bertz CT molecular complexity index is 597. The number of nitrogens with one attached hydrogen (secondary N) is 1. The van der Waals surface area contributed by atoms with Gasteiger partial charge in [0, 0.05) is 0 Å². The maximum Gasteiger partial charge on any atom is 0.336 e. The molecule has 106 valence electrons. The number of benzene rings is 1. The second-order valence-electron chi connectivity index (χ2n) is 4.29. The first-order chi connectivity index (χ1) is 8.58. The predicted molar refractivity (Wildman–Crippen MR) is 69.6 cm³/mol. The Morgan fingerprint density at radius 1 is 1.47 bits per heavy atom. The molecule has 0 saturated heterocycles. The molecule has 0 radical (unpaired) electrons.